The van der Waals surface area contributed by atoms with E-state index in [0.29, 0.717) is 25.6 Å². The topological polar surface area (TPSA) is 18.5 Å². The lowest BCUT2D eigenvalue weighted by Crippen LogP contribution is -2.21. The van der Waals surface area contributed by atoms with Crippen LogP contribution in [0.4, 0.5) is 13.2 Å². The summed E-state index contributed by atoms with van der Waals surface area (Å²) in [4.78, 5) is 0. The molecule has 2 nitrogen and oxygen atoms in total. The molecular weight excluding hydrogens is 365 g/mol. The van der Waals surface area contributed by atoms with Gasteiger partial charge in [0.2, 0.25) is 0 Å². The molecule has 1 saturated heterocycles. The second-order valence-electron chi connectivity index (χ2n) is 7.32. The van der Waals surface area contributed by atoms with Gasteiger partial charge < -0.3 is 9.47 Å². The lowest BCUT2D eigenvalue weighted by atomic mass is 9.90. The summed E-state index contributed by atoms with van der Waals surface area (Å²) in [5.41, 5.74) is 0.537. The Morgan fingerprint density at radius 2 is 1.86 bits per heavy atom. The van der Waals surface area contributed by atoms with Crippen molar-refractivity contribution < 1.29 is 22.6 Å². The minimum atomic E-state index is -0.974. The van der Waals surface area contributed by atoms with Crippen LogP contribution >= 0.6 is 0 Å². The normalized spacial score (nSPS) is 19.6. The first kappa shape index (κ1) is 20.7. The molecule has 28 heavy (non-hydrogen) atoms. The third kappa shape index (κ3) is 4.52. The van der Waals surface area contributed by atoms with E-state index < -0.39 is 23.6 Å². The van der Waals surface area contributed by atoms with Crippen LogP contribution in [-0.4, -0.2) is 13.2 Å². The van der Waals surface area contributed by atoms with E-state index in [2.05, 4.69) is 6.92 Å². The van der Waals surface area contributed by atoms with Gasteiger partial charge in [-0.25, -0.2) is 13.2 Å². The van der Waals surface area contributed by atoms with Gasteiger partial charge in [0.25, 0.3) is 0 Å². The molecule has 2 unspecified atom stereocenters. The Labute approximate surface area is 164 Å². The van der Waals surface area contributed by atoms with E-state index in [4.69, 9.17) is 9.47 Å². The first-order valence-electron chi connectivity index (χ1n) is 10.1. The van der Waals surface area contributed by atoms with Gasteiger partial charge in [-0.3, -0.25) is 0 Å². The predicted octanol–water partition coefficient (Wildman–Crippen LogP) is 6.83. The zero-order valence-electron chi connectivity index (χ0n) is 16.4. The molecule has 0 N–H and O–H groups in total. The Kier molecular flexibility index (Phi) is 7.00. The Hall–Kier alpha value is -2.01. The number of rotatable bonds is 7. The lowest BCUT2D eigenvalue weighted by molar-refractivity contribution is -0.0217. The maximum Gasteiger partial charge on any atom is 0.167 e. The van der Waals surface area contributed by atoms with Gasteiger partial charge >= 0.3 is 0 Å². The van der Waals surface area contributed by atoms with Crippen LogP contribution in [0.1, 0.15) is 57.6 Å². The molecule has 1 aliphatic heterocycles. The summed E-state index contributed by atoms with van der Waals surface area (Å²) in [5.74, 6) is -1.90. The Morgan fingerprint density at radius 3 is 2.50 bits per heavy atom. The molecular formula is C23H27F3O2. The van der Waals surface area contributed by atoms with E-state index in [9.17, 15) is 13.2 Å². The molecule has 1 heterocycles. The zero-order chi connectivity index (χ0) is 20.1. The van der Waals surface area contributed by atoms with Gasteiger partial charge in [-0.2, -0.15) is 0 Å². The number of halogens is 3. The highest BCUT2D eigenvalue weighted by molar-refractivity contribution is 5.66. The first-order valence-corrected chi connectivity index (χ1v) is 10.1. The lowest BCUT2D eigenvalue weighted by Gasteiger charge is -2.29. The number of benzene rings is 2. The standard InChI is InChI=1S/C23H27F3O2/c1-3-5-6-15-7-11-20(28-14-15)18-10-9-17(22(25)23(18)26)16-8-12-21(27-4-2)19(24)13-16/h8-10,12-13,15,20H,3-7,11,14H2,1-2H3. The maximum absolute atomic E-state index is 14.8. The number of hydrogen-bond acceptors (Lipinski definition) is 2. The van der Waals surface area contributed by atoms with Crippen molar-refractivity contribution in [3.05, 3.63) is 53.3 Å². The summed E-state index contributed by atoms with van der Waals surface area (Å²) >= 11 is 0. The summed E-state index contributed by atoms with van der Waals surface area (Å²) in [7, 11) is 0. The van der Waals surface area contributed by atoms with Crippen molar-refractivity contribution in [2.45, 2.75) is 52.1 Å². The van der Waals surface area contributed by atoms with Crippen LogP contribution in [0.2, 0.25) is 0 Å². The van der Waals surface area contributed by atoms with Crippen LogP contribution in [0.5, 0.6) is 5.75 Å². The van der Waals surface area contributed by atoms with Gasteiger partial charge in [-0.15, -0.1) is 0 Å². The Morgan fingerprint density at radius 1 is 1.04 bits per heavy atom. The highest BCUT2D eigenvalue weighted by Crippen LogP contribution is 2.37. The number of ether oxygens (including phenoxy) is 2. The molecule has 3 rings (SSSR count). The van der Waals surface area contributed by atoms with Crippen molar-refractivity contribution in [2.24, 2.45) is 5.92 Å². The van der Waals surface area contributed by atoms with E-state index >= 15 is 0 Å². The average Bonchev–Trinajstić information content (AvgIpc) is 2.71. The summed E-state index contributed by atoms with van der Waals surface area (Å²) in [5, 5.41) is 0. The minimum Gasteiger partial charge on any atom is -0.491 e. The second kappa shape index (κ2) is 9.46. The van der Waals surface area contributed by atoms with Crippen molar-refractivity contribution in [1.29, 1.82) is 0 Å². The van der Waals surface area contributed by atoms with Gasteiger partial charge in [0.1, 0.15) is 0 Å². The van der Waals surface area contributed by atoms with E-state index in [1.807, 2.05) is 0 Å². The molecule has 2 aromatic carbocycles. The number of unbranched alkanes of at least 4 members (excludes halogenated alkanes) is 1. The molecule has 0 bridgehead atoms. The van der Waals surface area contributed by atoms with Crippen LogP contribution < -0.4 is 4.74 Å². The van der Waals surface area contributed by atoms with Gasteiger partial charge in [-0.05, 0) is 49.8 Å². The molecule has 5 heteroatoms. The quantitative estimate of drug-likeness (QED) is 0.514. The Bertz CT molecular complexity index is 799. The molecule has 0 spiro atoms. The van der Waals surface area contributed by atoms with Gasteiger partial charge in [0.05, 0.1) is 19.3 Å². The number of hydrogen-bond donors (Lipinski definition) is 0. The summed E-state index contributed by atoms with van der Waals surface area (Å²) in [6.07, 6.45) is 4.63. The minimum absolute atomic E-state index is 0.0276. The fourth-order valence-electron chi connectivity index (χ4n) is 3.75. The van der Waals surface area contributed by atoms with Crippen molar-refractivity contribution in [1.82, 2.24) is 0 Å². The predicted molar refractivity (Wildman–Crippen MR) is 104 cm³/mol. The molecule has 0 aliphatic carbocycles. The van der Waals surface area contributed by atoms with Gasteiger partial charge in [-0.1, -0.05) is 38.0 Å². The van der Waals surface area contributed by atoms with Crippen LogP contribution in [0, 0.1) is 23.4 Å². The summed E-state index contributed by atoms with van der Waals surface area (Å²) in [6.45, 7) is 4.81. The second-order valence-corrected chi connectivity index (χ2v) is 7.32. The smallest absolute Gasteiger partial charge is 0.167 e. The van der Waals surface area contributed by atoms with Crippen molar-refractivity contribution in [2.75, 3.05) is 13.2 Å². The molecule has 1 aliphatic rings. The van der Waals surface area contributed by atoms with Crippen LogP contribution in [-0.2, 0) is 4.74 Å². The third-order valence-corrected chi connectivity index (χ3v) is 5.34. The molecule has 0 saturated carbocycles. The zero-order valence-corrected chi connectivity index (χ0v) is 16.4. The van der Waals surface area contributed by atoms with Crippen molar-refractivity contribution in [3.63, 3.8) is 0 Å². The van der Waals surface area contributed by atoms with Crippen LogP contribution in [0.25, 0.3) is 11.1 Å². The molecule has 2 atom stereocenters. The molecule has 0 aromatic heterocycles. The highest BCUT2D eigenvalue weighted by atomic mass is 19.2. The van der Waals surface area contributed by atoms with Crippen molar-refractivity contribution >= 4 is 0 Å². The SMILES string of the molecule is CCCCC1CCC(c2ccc(-c3ccc(OCC)c(F)c3)c(F)c2F)OC1. The van der Waals surface area contributed by atoms with E-state index in [-0.39, 0.29) is 22.4 Å². The van der Waals surface area contributed by atoms with E-state index in [1.54, 1.807) is 13.0 Å². The average molecular weight is 392 g/mol. The maximum atomic E-state index is 14.8. The fourth-order valence-corrected chi connectivity index (χ4v) is 3.75. The van der Waals surface area contributed by atoms with Gasteiger partial charge in [0.15, 0.2) is 23.2 Å². The van der Waals surface area contributed by atoms with E-state index in [0.717, 1.165) is 31.7 Å². The monoisotopic (exact) mass is 392 g/mol. The summed E-state index contributed by atoms with van der Waals surface area (Å²) < 4.78 is 54.6. The fraction of sp³-hybridized carbons (Fsp3) is 0.478. The molecule has 0 radical (unpaired) electrons. The highest BCUT2D eigenvalue weighted by Gasteiger charge is 2.27. The van der Waals surface area contributed by atoms with Crippen LogP contribution in [0.3, 0.4) is 0 Å². The van der Waals surface area contributed by atoms with E-state index in [1.165, 1.54) is 18.2 Å². The largest absolute Gasteiger partial charge is 0.491 e. The molecule has 1 fully saturated rings. The molecule has 0 amide bonds. The first-order chi connectivity index (χ1) is 13.5. The Balaban J connectivity index is 1.78. The molecule has 2 aromatic rings. The third-order valence-electron chi connectivity index (χ3n) is 5.34. The van der Waals surface area contributed by atoms with Crippen LogP contribution in [0.15, 0.2) is 30.3 Å². The summed E-state index contributed by atoms with van der Waals surface area (Å²) in [6, 6.07) is 7.17. The van der Waals surface area contributed by atoms with Gasteiger partial charge in [0, 0.05) is 11.1 Å². The van der Waals surface area contributed by atoms with Crippen molar-refractivity contribution in [3.8, 4) is 16.9 Å². The molecule has 152 valence electrons.